The van der Waals surface area contributed by atoms with Crippen molar-refractivity contribution in [1.29, 1.82) is 0 Å². The van der Waals surface area contributed by atoms with Crippen LogP contribution in [0.25, 0.3) is 10.4 Å². The van der Waals surface area contributed by atoms with Crippen molar-refractivity contribution in [2.75, 3.05) is 6.61 Å². The Labute approximate surface area is 135 Å². The number of carbonyl (C=O) groups is 1. The van der Waals surface area contributed by atoms with Gasteiger partial charge < -0.3 is 4.74 Å². The van der Waals surface area contributed by atoms with E-state index in [0.29, 0.717) is 12.8 Å². The monoisotopic (exact) mass is 345 g/mol. The van der Waals surface area contributed by atoms with Gasteiger partial charge >= 0.3 is 5.97 Å². The summed E-state index contributed by atoms with van der Waals surface area (Å²) in [7, 11) is 0. The van der Waals surface area contributed by atoms with Crippen molar-refractivity contribution in [2.24, 2.45) is 5.11 Å². The van der Waals surface area contributed by atoms with Gasteiger partial charge in [0.15, 0.2) is 23.3 Å². The Balaban J connectivity index is 2.65. The van der Waals surface area contributed by atoms with E-state index in [-0.39, 0.29) is 25.0 Å². The van der Waals surface area contributed by atoms with Gasteiger partial charge in [0.05, 0.1) is 6.61 Å². The Morgan fingerprint density at radius 1 is 1.12 bits per heavy atom. The highest BCUT2D eigenvalue weighted by atomic mass is 19.2. The molecule has 5 nitrogen and oxygen atoms in total. The zero-order valence-electron chi connectivity index (χ0n) is 12.9. The second-order valence-electron chi connectivity index (χ2n) is 5.00. The summed E-state index contributed by atoms with van der Waals surface area (Å²) in [6.45, 7) is 5.01. The molecule has 1 aromatic carbocycles. The zero-order valence-corrected chi connectivity index (χ0v) is 12.9. The van der Waals surface area contributed by atoms with E-state index < -0.39 is 40.5 Å². The number of unbranched alkanes of at least 4 members (excludes halogenated alkanes) is 2. The van der Waals surface area contributed by atoms with Gasteiger partial charge in [0.1, 0.15) is 5.69 Å². The first-order valence-electron chi connectivity index (χ1n) is 7.03. The number of rotatable bonds is 8. The van der Waals surface area contributed by atoms with Crippen LogP contribution in [0.4, 0.5) is 23.2 Å². The van der Waals surface area contributed by atoms with E-state index in [4.69, 9.17) is 10.3 Å². The lowest BCUT2D eigenvalue weighted by atomic mass is 10.0. The Bertz CT molecular complexity index is 671. The summed E-state index contributed by atoms with van der Waals surface area (Å²) in [5.74, 6) is -7.14. The van der Waals surface area contributed by atoms with Crippen LogP contribution in [0.2, 0.25) is 0 Å². The molecule has 1 rings (SSSR count). The van der Waals surface area contributed by atoms with Crippen LogP contribution in [0.3, 0.4) is 0 Å². The average Bonchev–Trinajstić information content (AvgIpc) is 2.55. The fourth-order valence-electron chi connectivity index (χ4n) is 1.89. The molecule has 0 heterocycles. The van der Waals surface area contributed by atoms with Crippen LogP contribution in [-0.4, -0.2) is 12.6 Å². The molecular formula is C15H15F4N3O2. The number of benzene rings is 1. The van der Waals surface area contributed by atoms with Gasteiger partial charge in [0, 0.05) is 16.0 Å². The maximum Gasteiger partial charge on any atom is 0.333 e. The Morgan fingerprint density at radius 3 is 2.21 bits per heavy atom. The number of azide groups is 1. The third-order valence-electron chi connectivity index (χ3n) is 3.13. The van der Waals surface area contributed by atoms with Crippen LogP contribution in [0.15, 0.2) is 17.3 Å². The van der Waals surface area contributed by atoms with Crippen molar-refractivity contribution >= 4 is 11.7 Å². The standard InChI is InChI=1S/C15H15F4N3O2/c1-8(2)15(23)24-7-5-3-4-6-9-10(16)12(18)14(21-22-20)13(19)11(9)17/h1,3-7H2,2H3. The molecule has 24 heavy (non-hydrogen) atoms. The lowest BCUT2D eigenvalue weighted by Crippen LogP contribution is -2.07. The molecule has 0 aliphatic carbocycles. The molecule has 130 valence electrons. The first-order valence-corrected chi connectivity index (χ1v) is 7.03. The number of hydrogen-bond donors (Lipinski definition) is 0. The maximum atomic E-state index is 13.8. The van der Waals surface area contributed by atoms with Crippen LogP contribution in [-0.2, 0) is 16.0 Å². The summed E-state index contributed by atoms with van der Waals surface area (Å²) >= 11 is 0. The van der Waals surface area contributed by atoms with Gasteiger partial charge in [-0.1, -0.05) is 11.7 Å². The second kappa shape index (κ2) is 8.93. The molecule has 0 fully saturated rings. The third-order valence-corrected chi connectivity index (χ3v) is 3.13. The van der Waals surface area contributed by atoms with Crippen LogP contribution >= 0.6 is 0 Å². The lowest BCUT2D eigenvalue weighted by Gasteiger charge is -2.09. The van der Waals surface area contributed by atoms with Crippen molar-refractivity contribution < 1.29 is 27.1 Å². The highest BCUT2D eigenvalue weighted by Crippen LogP contribution is 2.31. The summed E-state index contributed by atoms with van der Waals surface area (Å²) < 4.78 is 59.5. The molecule has 0 amide bonds. The van der Waals surface area contributed by atoms with Gasteiger partial charge in [-0.25, -0.2) is 22.4 Å². The number of esters is 1. The Kier molecular flexibility index (Phi) is 7.26. The van der Waals surface area contributed by atoms with E-state index in [1.54, 1.807) is 0 Å². The van der Waals surface area contributed by atoms with Crippen molar-refractivity contribution in [3.8, 4) is 0 Å². The molecule has 1 aromatic rings. The first kappa shape index (κ1) is 19.5. The zero-order chi connectivity index (χ0) is 18.3. The number of hydrogen-bond acceptors (Lipinski definition) is 3. The van der Waals surface area contributed by atoms with Gasteiger partial charge in [-0.05, 0) is 38.1 Å². The van der Waals surface area contributed by atoms with Gasteiger partial charge in [-0.3, -0.25) is 0 Å². The van der Waals surface area contributed by atoms with E-state index in [0.717, 1.165) is 0 Å². The van der Waals surface area contributed by atoms with Gasteiger partial charge in [-0.15, -0.1) is 0 Å². The maximum absolute atomic E-state index is 13.8. The van der Waals surface area contributed by atoms with Gasteiger partial charge in [0.2, 0.25) is 0 Å². The minimum Gasteiger partial charge on any atom is -0.462 e. The first-order chi connectivity index (χ1) is 11.3. The van der Waals surface area contributed by atoms with E-state index in [1.807, 2.05) is 0 Å². The minimum atomic E-state index is -1.72. The fourth-order valence-corrected chi connectivity index (χ4v) is 1.89. The average molecular weight is 345 g/mol. The quantitative estimate of drug-likeness (QED) is 0.0970. The van der Waals surface area contributed by atoms with Crippen molar-refractivity contribution in [2.45, 2.75) is 32.6 Å². The van der Waals surface area contributed by atoms with E-state index in [1.165, 1.54) is 6.92 Å². The van der Waals surface area contributed by atoms with Crippen molar-refractivity contribution in [1.82, 2.24) is 0 Å². The Hall–Kier alpha value is -2.54. The number of nitrogens with zero attached hydrogens (tertiary/aromatic N) is 3. The topological polar surface area (TPSA) is 75.1 Å². The third kappa shape index (κ3) is 4.73. The van der Waals surface area contributed by atoms with Crippen LogP contribution in [0.1, 0.15) is 31.7 Å². The molecule has 0 aromatic heterocycles. The summed E-state index contributed by atoms with van der Waals surface area (Å²) in [4.78, 5) is 13.2. The number of carbonyl (C=O) groups excluding carboxylic acids is 1. The molecule has 0 saturated carbocycles. The number of halogens is 4. The van der Waals surface area contributed by atoms with E-state index >= 15 is 0 Å². The molecule has 0 atom stereocenters. The summed E-state index contributed by atoms with van der Waals surface area (Å²) in [6.07, 6.45) is 0.808. The fraction of sp³-hybridized carbons (Fsp3) is 0.400. The molecular weight excluding hydrogens is 330 g/mol. The highest BCUT2D eigenvalue weighted by molar-refractivity contribution is 5.86. The van der Waals surface area contributed by atoms with Crippen LogP contribution in [0, 0.1) is 23.3 Å². The molecule has 9 heteroatoms. The largest absolute Gasteiger partial charge is 0.462 e. The predicted molar refractivity (Wildman–Crippen MR) is 78.4 cm³/mol. The SMILES string of the molecule is C=C(C)C(=O)OCCCCCc1c(F)c(F)c(N=[N+]=[N-])c(F)c1F. The van der Waals surface area contributed by atoms with E-state index in [2.05, 4.69) is 16.6 Å². The molecule has 0 N–H and O–H groups in total. The normalized spacial score (nSPS) is 10.2. The van der Waals surface area contributed by atoms with Crippen LogP contribution < -0.4 is 0 Å². The molecule has 0 aliphatic heterocycles. The molecule has 0 unspecified atom stereocenters. The summed E-state index contributed by atoms with van der Waals surface area (Å²) in [6, 6.07) is 0. The van der Waals surface area contributed by atoms with Crippen molar-refractivity contribution in [3.05, 3.63) is 51.4 Å². The summed E-state index contributed by atoms with van der Waals surface area (Å²) in [5, 5.41) is 2.61. The molecule has 0 saturated heterocycles. The highest BCUT2D eigenvalue weighted by Gasteiger charge is 2.24. The summed E-state index contributed by atoms with van der Waals surface area (Å²) in [5.41, 5.74) is 6.33. The Morgan fingerprint density at radius 2 is 1.71 bits per heavy atom. The second-order valence-corrected chi connectivity index (χ2v) is 5.00. The molecule has 0 bridgehead atoms. The van der Waals surface area contributed by atoms with Crippen LogP contribution in [0.5, 0.6) is 0 Å². The van der Waals surface area contributed by atoms with Gasteiger partial charge in [0.25, 0.3) is 0 Å². The molecule has 0 spiro atoms. The van der Waals surface area contributed by atoms with E-state index in [9.17, 15) is 22.4 Å². The van der Waals surface area contributed by atoms with Gasteiger partial charge in [-0.2, -0.15) is 0 Å². The van der Waals surface area contributed by atoms with Crippen molar-refractivity contribution in [3.63, 3.8) is 0 Å². The minimum absolute atomic E-state index is 0.106. The predicted octanol–water partition coefficient (Wildman–Crippen LogP) is 5.02. The lowest BCUT2D eigenvalue weighted by molar-refractivity contribution is -0.139. The number of ether oxygens (including phenoxy) is 1. The molecule has 0 aliphatic rings. The smallest absolute Gasteiger partial charge is 0.333 e. The molecule has 0 radical (unpaired) electrons.